The molecule has 1 aliphatic heterocycles. The van der Waals surface area contributed by atoms with Crippen LogP contribution >= 0.6 is 15.9 Å². The maximum atomic E-state index is 6.03. The largest absolute Gasteiger partial charge is 0.377 e. The molecule has 2 rings (SSSR count). The lowest BCUT2D eigenvalue weighted by Gasteiger charge is -2.43. The number of nitrogens with two attached hydrogens (primary N) is 1. The molecule has 1 saturated heterocycles. The second-order valence-electron chi connectivity index (χ2n) is 5.50. The van der Waals surface area contributed by atoms with E-state index in [1.54, 1.807) is 7.11 Å². The molecule has 0 radical (unpaired) electrons. The number of hydrogen-bond donors (Lipinski definition) is 1. The maximum absolute atomic E-state index is 6.03. The summed E-state index contributed by atoms with van der Waals surface area (Å²) in [5, 5.41) is 0. The quantitative estimate of drug-likeness (QED) is 0.924. The number of methoxy groups -OCH3 is 1. The smallest absolute Gasteiger partial charge is 0.0777 e. The molecular weight excluding hydrogens is 304 g/mol. The van der Waals surface area contributed by atoms with Crippen LogP contribution in [0.4, 0.5) is 0 Å². The van der Waals surface area contributed by atoms with Gasteiger partial charge in [0, 0.05) is 30.7 Å². The Morgan fingerprint density at radius 1 is 1.47 bits per heavy atom. The molecule has 1 heterocycles. The number of piperidine rings is 1. The first-order chi connectivity index (χ1) is 9.09. The molecule has 0 aromatic heterocycles. The van der Waals surface area contributed by atoms with Gasteiger partial charge in [-0.15, -0.1) is 0 Å². The SMILES string of the molecule is COC1(C)CCCN(C(CN)c2ccccc2Br)C1. The highest BCUT2D eigenvalue weighted by Gasteiger charge is 2.34. The zero-order valence-electron chi connectivity index (χ0n) is 11.7. The first-order valence-electron chi connectivity index (χ1n) is 6.83. The standard InChI is InChI=1S/C15H23BrN2O/c1-15(19-2)8-5-9-18(11-15)14(10-17)12-6-3-4-7-13(12)16/h3-4,6-7,14H,5,8-11,17H2,1-2H3. The van der Waals surface area contributed by atoms with Gasteiger partial charge in [0.05, 0.1) is 5.60 Å². The molecule has 1 aliphatic rings. The summed E-state index contributed by atoms with van der Waals surface area (Å²) in [5.41, 5.74) is 7.25. The normalized spacial score (nSPS) is 26.3. The fraction of sp³-hybridized carbons (Fsp3) is 0.600. The third kappa shape index (κ3) is 3.37. The molecule has 0 amide bonds. The Morgan fingerprint density at radius 3 is 2.84 bits per heavy atom. The van der Waals surface area contributed by atoms with Crippen LogP contribution in [-0.4, -0.2) is 37.2 Å². The van der Waals surface area contributed by atoms with E-state index in [0.29, 0.717) is 6.54 Å². The summed E-state index contributed by atoms with van der Waals surface area (Å²) in [6, 6.07) is 8.60. The van der Waals surface area contributed by atoms with Crippen molar-refractivity contribution in [3.63, 3.8) is 0 Å². The van der Waals surface area contributed by atoms with E-state index in [1.807, 2.05) is 6.07 Å². The first-order valence-corrected chi connectivity index (χ1v) is 7.62. The van der Waals surface area contributed by atoms with Crippen molar-refractivity contribution in [2.45, 2.75) is 31.4 Å². The first kappa shape index (κ1) is 15.0. The lowest BCUT2D eigenvalue weighted by atomic mass is 9.92. The number of hydrogen-bond acceptors (Lipinski definition) is 3. The van der Waals surface area contributed by atoms with Crippen LogP contribution in [0.25, 0.3) is 0 Å². The third-order valence-electron chi connectivity index (χ3n) is 4.11. The van der Waals surface area contributed by atoms with Gasteiger partial charge < -0.3 is 10.5 Å². The molecule has 19 heavy (non-hydrogen) atoms. The van der Waals surface area contributed by atoms with Gasteiger partial charge in [0.1, 0.15) is 0 Å². The van der Waals surface area contributed by atoms with E-state index in [4.69, 9.17) is 10.5 Å². The van der Waals surface area contributed by atoms with Crippen molar-refractivity contribution < 1.29 is 4.74 Å². The Kier molecular flexibility index (Phi) is 5.01. The van der Waals surface area contributed by atoms with E-state index >= 15 is 0 Å². The van der Waals surface area contributed by atoms with Crippen LogP contribution in [0.2, 0.25) is 0 Å². The number of halogens is 1. The fourth-order valence-electron chi connectivity index (χ4n) is 2.89. The molecule has 1 aromatic rings. The van der Waals surface area contributed by atoms with Crippen LogP contribution in [0.5, 0.6) is 0 Å². The Balaban J connectivity index is 2.20. The minimum Gasteiger partial charge on any atom is -0.377 e. The summed E-state index contributed by atoms with van der Waals surface area (Å²) in [4.78, 5) is 2.45. The van der Waals surface area contributed by atoms with Crippen molar-refractivity contribution in [3.05, 3.63) is 34.3 Å². The van der Waals surface area contributed by atoms with E-state index in [-0.39, 0.29) is 11.6 Å². The van der Waals surface area contributed by atoms with Crippen molar-refractivity contribution in [2.24, 2.45) is 5.73 Å². The minimum atomic E-state index is -0.0487. The number of rotatable bonds is 4. The molecular formula is C15H23BrN2O. The van der Waals surface area contributed by atoms with Gasteiger partial charge in [-0.05, 0) is 37.9 Å². The summed E-state index contributed by atoms with van der Waals surface area (Å²) >= 11 is 3.64. The molecule has 1 fully saturated rings. The van der Waals surface area contributed by atoms with Crippen LogP contribution < -0.4 is 5.73 Å². The summed E-state index contributed by atoms with van der Waals surface area (Å²) < 4.78 is 6.81. The van der Waals surface area contributed by atoms with Gasteiger partial charge in [0.2, 0.25) is 0 Å². The second kappa shape index (κ2) is 6.35. The Hall–Kier alpha value is -0.420. The van der Waals surface area contributed by atoms with Crippen molar-refractivity contribution in [1.29, 1.82) is 0 Å². The summed E-state index contributed by atoms with van der Waals surface area (Å²) in [5.74, 6) is 0. The molecule has 0 bridgehead atoms. The van der Waals surface area contributed by atoms with Crippen molar-refractivity contribution in [1.82, 2.24) is 4.90 Å². The highest BCUT2D eigenvalue weighted by molar-refractivity contribution is 9.10. The number of benzene rings is 1. The summed E-state index contributed by atoms with van der Waals surface area (Å²) in [7, 11) is 1.80. The van der Waals surface area contributed by atoms with Crippen molar-refractivity contribution >= 4 is 15.9 Å². The van der Waals surface area contributed by atoms with Gasteiger partial charge in [0.25, 0.3) is 0 Å². The van der Waals surface area contributed by atoms with Gasteiger partial charge in [0.15, 0.2) is 0 Å². The van der Waals surface area contributed by atoms with Gasteiger partial charge in [-0.25, -0.2) is 0 Å². The van der Waals surface area contributed by atoms with E-state index in [9.17, 15) is 0 Å². The second-order valence-corrected chi connectivity index (χ2v) is 6.36. The number of likely N-dealkylation sites (tertiary alicyclic amines) is 1. The van der Waals surface area contributed by atoms with Gasteiger partial charge in [-0.3, -0.25) is 4.90 Å². The summed E-state index contributed by atoms with van der Waals surface area (Å²) in [6.45, 7) is 4.84. The molecule has 0 spiro atoms. The lowest BCUT2D eigenvalue weighted by Crippen LogP contribution is -2.49. The average Bonchev–Trinajstić information content (AvgIpc) is 2.42. The molecule has 4 heteroatoms. The van der Waals surface area contributed by atoms with Crippen LogP contribution in [-0.2, 0) is 4.74 Å². The molecule has 106 valence electrons. The zero-order valence-corrected chi connectivity index (χ0v) is 13.3. The van der Waals surface area contributed by atoms with E-state index < -0.39 is 0 Å². The van der Waals surface area contributed by atoms with Crippen LogP contribution in [0.15, 0.2) is 28.7 Å². The van der Waals surface area contributed by atoms with Crippen molar-refractivity contribution in [3.8, 4) is 0 Å². The molecule has 2 atom stereocenters. The van der Waals surface area contributed by atoms with Gasteiger partial charge in [-0.2, -0.15) is 0 Å². The van der Waals surface area contributed by atoms with Gasteiger partial charge in [-0.1, -0.05) is 34.1 Å². The number of ether oxygens (including phenoxy) is 1. The van der Waals surface area contributed by atoms with E-state index in [1.165, 1.54) is 5.56 Å². The van der Waals surface area contributed by atoms with E-state index in [2.05, 4.69) is 46.0 Å². The van der Waals surface area contributed by atoms with Crippen LogP contribution in [0.1, 0.15) is 31.4 Å². The monoisotopic (exact) mass is 326 g/mol. The van der Waals surface area contributed by atoms with Gasteiger partial charge >= 0.3 is 0 Å². The van der Waals surface area contributed by atoms with Crippen molar-refractivity contribution in [2.75, 3.05) is 26.7 Å². The predicted octanol–water partition coefficient (Wildman–Crippen LogP) is 2.95. The number of nitrogens with zero attached hydrogens (tertiary/aromatic N) is 1. The summed E-state index contributed by atoms with van der Waals surface area (Å²) in [6.07, 6.45) is 2.28. The van der Waals surface area contributed by atoms with Crippen LogP contribution in [0.3, 0.4) is 0 Å². The molecule has 1 aromatic carbocycles. The highest BCUT2D eigenvalue weighted by atomic mass is 79.9. The predicted molar refractivity (Wildman–Crippen MR) is 82.2 cm³/mol. The minimum absolute atomic E-state index is 0.0487. The molecule has 0 aliphatic carbocycles. The fourth-order valence-corrected chi connectivity index (χ4v) is 3.44. The average molecular weight is 327 g/mol. The lowest BCUT2D eigenvalue weighted by molar-refractivity contribution is -0.0608. The Morgan fingerprint density at radius 2 is 2.21 bits per heavy atom. The third-order valence-corrected chi connectivity index (χ3v) is 4.83. The molecule has 2 N–H and O–H groups in total. The molecule has 0 saturated carbocycles. The Bertz CT molecular complexity index is 426. The maximum Gasteiger partial charge on any atom is 0.0777 e. The highest BCUT2D eigenvalue weighted by Crippen LogP contribution is 2.32. The van der Waals surface area contributed by atoms with E-state index in [0.717, 1.165) is 30.4 Å². The van der Waals surface area contributed by atoms with Crippen LogP contribution in [0, 0.1) is 0 Å². The zero-order chi connectivity index (χ0) is 13.9. The molecule has 2 unspecified atom stereocenters. The topological polar surface area (TPSA) is 38.5 Å². The molecule has 3 nitrogen and oxygen atoms in total. The Labute approximate surface area is 124 Å².